The van der Waals surface area contributed by atoms with Crippen molar-refractivity contribution >= 4 is 11.4 Å². The highest BCUT2D eigenvalue weighted by molar-refractivity contribution is 5.60. The Morgan fingerprint density at radius 3 is 3.33 bits per heavy atom. The van der Waals surface area contributed by atoms with Crippen molar-refractivity contribution in [3.8, 4) is 0 Å². The lowest BCUT2D eigenvalue weighted by atomic mass is 10.7. The third-order valence-corrected chi connectivity index (χ3v) is 0.941. The van der Waals surface area contributed by atoms with E-state index < -0.39 is 0 Å². The molecule has 0 aliphatic heterocycles. The summed E-state index contributed by atoms with van der Waals surface area (Å²) in [5, 5.41) is 0. The van der Waals surface area contributed by atoms with Crippen LogP contribution in [0.25, 0.3) is 11.4 Å². The molecule has 4 nitrogen and oxygen atoms in total. The minimum Gasteiger partial charge on any atom is -0.424 e. The SMILES string of the molecule is [c]1cnc2ocnc2n1. The first-order valence-electron chi connectivity index (χ1n) is 2.39. The summed E-state index contributed by atoms with van der Waals surface area (Å²) in [6.07, 6.45) is 5.28. The van der Waals surface area contributed by atoms with Crippen molar-refractivity contribution in [2.75, 3.05) is 0 Å². The van der Waals surface area contributed by atoms with Gasteiger partial charge in [0.25, 0.3) is 5.71 Å². The predicted octanol–water partition coefficient (Wildman–Crippen LogP) is 0.418. The van der Waals surface area contributed by atoms with Crippen molar-refractivity contribution in [1.82, 2.24) is 15.0 Å². The summed E-state index contributed by atoms with van der Waals surface area (Å²) in [6, 6.07) is 0. The number of nitrogens with zero attached hydrogens (tertiary/aromatic N) is 3. The average molecular weight is 120 g/mol. The van der Waals surface area contributed by atoms with Crippen LogP contribution in [0.1, 0.15) is 0 Å². The number of hydrogen-bond acceptors (Lipinski definition) is 4. The Hall–Kier alpha value is -1.45. The van der Waals surface area contributed by atoms with Crippen molar-refractivity contribution in [2.45, 2.75) is 0 Å². The molecular formula is C5H2N3O. The molecule has 0 fully saturated rings. The van der Waals surface area contributed by atoms with Gasteiger partial charge in [0.05, 0.1) is 6.20 Å². The standard InChI is InChI=1S/C5H2N3O/c1-2-7-5-4(6-1)8-3-9-5/h2-3H. The molecule has 0 amide bonds. The normalized spacial score (nSPS) is 10.2. The summed E-state index contributed by atoms with van der Waals surface area (Å²) in [4.78, 5) is 11.3. The summed E-state index contributed by atoms with van der Waals surface area (Å²) in [7, 11) is 0. The van der Waals surface area contributed by atoms with Gasteiger partial charge >= 0.3 is 0 Å². The second-order valence-electron chi connectivity index (χ2n) is 1.48. The van der Waals surface area contributed by atoms with Crippen molar-refractivity contribution in [3.63, 3.8) is 0 Å². The van der Waals surface area contributed by atoms with Crippen LogP contribution in [-0.4, -0.2) is 15.0 Å². The quantitative estimate of drug-likeness (QED) is 0.505. The molecule has 0 unspecified atom stereocenters. The molecule has 0 atom stereocenters. The summed E-state index contributed by atoms with van der Waals surface area (Å²) in [5.74, 6) is 0. The van der Waals surface area contributed by atoms with Crippen LogP contribution < -0.4 is 0 Å². The lowest BCUT2D eigenvalue weighted by molar-refractivity contribution is 0.590. The topological polar surface area (TPSA) is 51.8 Å². The second-order valence-corrected chi connectivity index (χ2v) is 1.48. The Kier molecular flexibility index (Phi) is 0.745. The fourth-order valence-electron chi connectivity index (χ4n) is 0.576. The third-order valence-electron chi connectivity index (χ3n) is 0.941. The van der Waals surface area contributed by atoms with E-state index >= 15 is 0 Å². The molecule has 4 heteroatoms. The molecule has 1 radical (unpaired) electrons. The monoisotopic (exact) mass is 120 g/mol. The molecule has 0 aromatic carbocycles. The zero-order valence-electron chi connectivity index (χ0n) is 4.40. The third kappa shape index (κ3) is 0.561. The number of oxazole rings is 1. The van der Waals surface area contributed by atoms with E-state index in [4.69, 9.17) is 4.42 Å². The Balaban J connectivity index is 2.95. The molecule has 43 valence electrons. The molecular weight excluding hydrogens is 118 g/mol. The summed E-state index contributed by atoms with van der Waals surface area (Å²) in [5.41, 5.74) is 0.950. The highest BCUT2D eigenvalue weighted by Gasteiger charge is 1.95. The largest absolute Gasteiger partial charge is 0.424 e. The van der Waals surface area contributed by atoms with Gasteiger partial charge in [-0.1, -0.05) is 0 Å². The van der Waals surface area contributed by atoms with Gasteiger partial charge < -0.3 is 4.42 Å². The van der Waals surface area contributed by atoms with E-state index in [9.17, 15) is 0 Å². The summed E-state index contributed by atoms with van der Waals surface area (Å²) in [6.45, 7) is 0. The van der Waals surface area contributed by atoms with Gasteiger partial charge in [0, 0.05) is 0 Å². The molecule has 0 aliphatic carbocycles. The van der Waals surface area contributed by atoms with Gasteiger partial charge in [0.15, 0.2) is 6.39 Å². The highest BCUT2D eigenvalue weighted by Crippen LogP contribution is 2.01. The van der Waals surface area contributed by atoms with E-state index in [1.807, 2.05) is 0 Å². The molecule has 2 aromatic rings. The van der Waals surface area contributed by atoms with E-state index in [-0.39, 0.29) is 0 Å². The van der Waals surface area contributed by atoms with Crippen molar-refractivity contribution in [2.24, 2.45) is 0 Å². The first-order valence-corrected chi connectivity index (χ1v) is 2.39. The molecule has 2 aromatic heterocycles. The fraction of sp³-hybridized carbons (Fsp3) is 0. The molecule has 0 spiro atoms. The molecule has 9 heavy (non-hydrogen) atoms. The lowest BCUT2D eigenvalue weighted by Crippen LogP contribution is -1.76. The Labute approximate surface area is 50.6 Å². The van der Waals surface area contributed by atoms with E-state index in [1.165, 1.54) is 12.6 Å². The first-order chi connectivity index (χ1) is 4.47. The van der Waals surface area contributed by atoms with Crippen LogP contribution in [0.3, 0.4) is 0 Å². The molecule has 0 bridgehead atoms. The molecule has 0 saturated heterocycles. The van der Waals surface area contributed by atoms with Gasteiger partial charge in [-0.05, 0) is 0 Å². The molecule has 0 saturated carbocycles. The van der Waals surface area contributed by atoms with E-state index in [1.54, 1.807) is 0 Å². The van der Waals surface area contributed by atoms with Crippen LogP contribution in [-0.2, 0) is 0 Å². The van der Waals surface area contributed by atoms with Crippen LogP contribution in [0.4, 0.5) is 0 Å². The van der Waals surface area contributed by atoms with Gasteiger partial charge in [-0.2, -0.15) is 4.98 Å². The maximum absolute atomic E-state index is 4.81. The van der Waals surface area contributed by atoms with Crippen molar-refractivity contribution < 1.29 is 4.42 Å². The zero-order valence-corrected chi connectivity index (χ0v) is 4.40. The Bertz CT molecular complexity index is 286. The van der Waals surface area contributed by atoms with Crippen molar-refractivity contribution in [3.05, 3.63) is 18.8 Å². The van der Waals surface area contributed by atoms with Crippen LogP contribution in [0.15, 0.2) is 17.0 Å². The maximum atomic E-state index is 4.81. The Morgan fingerprint density at radius 1 is 1.44 bits per heavy atom. The summed E-state index contributed by atoms with van der Waals surface area (Å²) < 4.78 is 4.81. The minimum absolute atomic E-state index is 0.453. The zero-order chi connectivity index (χ0) is 6.10. The number of aromatic nitrogens is 3. The van der Waals surface area contributed by atoms with Gasteiger partial charge in [-0.3, -0.25) is 0 Å². The maximum Gasteiger partial charge on any atom is 0.266 e. The van der Waals surface area contributed by atoms with Gasteiger partial charge in [0.2, 0.25) is 5.65 Å². The molecule has 0 aliphatic rings. The minimum atomic E-state index is 0.453. The van der Waals surface area contributed by atoms with Crippen LogP contribution >= 0.6 is 0 Å². The average Bonchev–Trinajstić information content (AvgIpc) is 2.33. The fourth-order valence-corrected chi connectivity index (χ4v) is 0.576. The van der Waals surface area contributed by atoms with Gasteiger partial charge in [-0.25, -0.2) is 9.97 Å². The van der Waals surface area contributed by atoms with E-state index in [0.29, 0.717) is 11.4 Å². The van der Waals surface area contributed by atoms with Crippen LogP contribution in [0.5, 0.6) is 0 Å². The predicted molar refractivity (Wildman–Crippen MR) is 28.4 cm³/mol. The second kappa shape index (κ2) is 1.51. The van der Waals surface area contributed by atoms with Gasteiger partial charge in [0.1, 0.15) is 6.20 Å². The van der Waals surface area contributed by atoms with Crippen LogP contribution in [0, 0.1) is 6.20 Å². The van der Waals surface area contributed by atoms with Gasteiger partial charge in [-0.15, -0.1) is 0 Å². The highest BCUT2D eigenvalue weighted by atomic mass is 16.3. The van der Waals surface area contributed by atoms with E-state index in [0.717, 1.165) is 0 Å². The Morgan fingerprint density at radius 2 is 2.44 bits per heavy atom. The molecule has 2 rings (SSSR count). The van der Waals surface area contributed by atoms with E-state index in [2.05, 4.69) is 21.1 Å². The molecule has 0 N–H and O–H groups in total. The van der Waals surface area contributed by atoms with Crippen LogP contribution in [0.2, 0.25) is 0 Å². The lowest BCUT2D eigenvalue weighted by Gasteiger charge is -1.77. The van der Waals surface area contributed by atoms with Crippen molar-refractivity contribution in [1.29, 1.82) is 0 Å². The summed E-state index contributed by atoms with van der Waals surface area (Å²) >= 11 is 0. The number of rotatable bonds is 0. The number of hydrogen-bond donors (Lipinski definition) is 0. The first kappa shape index (κ1) is 4.43. The smallest absolute Gasteiger partial charge is 0.266 e. The molecule has 2 heterocycles. The number of fused-ring (bicyclic) bond motifs is 1.